The SMILES string of the molecule is Brc1cnc2[nH]c3cnc(-c4cccnc4)cc3c2c1.C.C.CC(C)(C)OC(=O)N1CCN(c2cccc(-c3cnc4[nH]c5cnc(-c6cccnc6)cc5c4c3)c2)CC1.CC(C)(C)OC(=O)N1CCN(c2cccc(B3OC(C)(C)C(C)(C)O3)c2)CC1. The zero-order chi connectivity index (χ0) is 60.5. The number of hydrogen-bond donors (Lipinski definition) is 2. The van der Waals surface area contributed by atoms with Crippen LogP contribution in [0.1, 0.15) is 84.1 Å². The van der Waals surface area contributed by atoms with Gasteiger partial charge in [-0.25, -0.2) is 19.6 Å². The van der Waals surface area contributed by atoms with E-state index < -0.39 is 11.2 Å². The molecule has 0 spiro atoms. The van der Waals surface area contributed by atoms with Crippen molar-refractivity contribution >= 4 is 95.9 Å². The fourth-order valence-corrected chi connectivity index (χ4v) is 10.8. The Labute approximate surface area is 524 Å². The molecule has 2 aromatic carbocycles. The van der Waals surface area contributed by atoms with Crippen LogP contribution in [-0.4, -0.2) is 144 Å². The molecule has 0 unspecified atom stereocenters. The molecule has 3 fully saturated rings. The highest BCUT2D eigenvalue weighted by atomic mass is 79.9. The number of benzene rings is 2. The van der Waals surface area contributed by atoms with Gasteiger partial charge in [-0.2, -0.15) is 0 Å². The molecule has 0 bridgehead atoms. The summed E-state index contributed by atoms with van der Waals surface area (Å²) in [5.41, 5.74) is 11.2. The molecule has 3 aliphatic heterocycles. The van der Waals surface area contributed by atoms with Gasteiger partial charge < -0.3 is 48.4 Å². The molecular formula is C68H80BBrN12O6. The van der Waals surface area contributed by atoms with Crippen LogP contribution in [0.25, 0.3) is 77.5 Å². The number of carbonyl (C=O) groups is 2. The highest BCUT2D eigenvalue weighted by molar-refractivity contribution is 9.10. The number of amides is 2. The van der Waals surface area contributed by atoms with E-state index in [0.717, 1.165) is 125 Å². The molecule has 20 heteroatoms. The summed E-state index contributed by atoms with van der Waals surface area (Å²) < 4.78 is 24.3. The van der Waals surface area contributed by atoms with E-state index in [4.69, 9.17) is 23.8 Å². The van der Waals surface area contributed by atoms with E-state index in [1.165, 1.54) is 0 Å². The second-order valence-corrected chi connectivity index (χ2v) is 25.7. The summed E-state index contributed by atoms with van der Waals surface area (Å²) in [6, 6.07) is 33.1. The van der Waals surface area contributed by atoms with Crippen molar-refractivity contribution in [3.05, 3.63) is 151 Å². The predicted octanol–water partition coefficient (Wildman–Crippen LogP) is 14.1. The largest absolute Gasteiger partial charge is 0.494 e. The number of H-pyrrole nitrogens is 2. The number of rotatable bonds is 6. The molecule has 13 rings (SSSR count). The van der Waals surface area contributed by atoms with Gasteiger partial charge in [-0.15, -0.1) is 0 Å². The van der Waals surface area contributed by atoms with Crippen molar-refractivity contribution in [2.75, 3.05) is 62.2 Å². The van der Waals surface area contributed by atoms with Crippen LogP contribution in [-0.2, 0) is 18.8 Å². The van der Waals surface area contributed by atoms with Gasteiger partial charge in [0.25, 0.3) is 0 Å². The molecule has 458 valence electrons. The van der Waals surface area contributed by atoms with E-state index in [0.29, 0.717) is 26.2 Å². The fourth-order valence-electron chi connectivity index (χ4n) is 10.5. The Kier molecular flexibility index (Phi) is 19.0. The lowest BCUT2D eigenvalue weighted by Gasteiger charge is -2.37. The third kappa shape index (κ3) is 14.6. The van der Waals surface area contributed by atoms with Crippen LogP contribution in [0.5, 0.6) is 0 Å². The molecule has 3 aliphatic rings. The zero-order valence-corrected chi connectivity index (χ0v) is 52.0. The first-order chi connectivity index (χ1) is 41.0. The summed E-state index contributed by atoms with van der Waals surface area (Å²) in [5.74, 6) is 0. The van der Waals surface area contributed by atoms with Crippen molar-refractivity contribution in [2.45, 2.75) is 106 Å². The third-order valence-electron chi connectivity index (χ3n) is 15.7. The van der Waals surface area contributed by atoms with Crippen molar-refractivity contribution in [2.24, 2.45) is 0 Å². The Bertz CT molecular complexity index is 4040. The molecular weight excluding hydrogens is 1170 g/mol. The summed E-state index contributed by atoms with van der Waals surface area (Å²) in [4.78, 5) is 66.1. The van der Waals surface area contributed by atoms with Gasteiger partial charge >= 0.3 is 19.3 Å². The van der Waals surface area contributed by atoms with Gasteiger partial charge in [0, 0.05) is 144 Å². The number of halogens is 1. The number of fused-ring (bicyclic) bond motifs is 6. The van der Waals surface area contributed by atoms with E-state index in [2.05, 4.69) is 149 Å². The number of aromatic nitrogens is 8. The lowest BCUT2D eigenvalue weighted by molar-refractivity contribution is 0.00578. The monoisotopic (exact) mass is 1250 g/mol. The zero-order valence-electron chi connectivity index (χ0n) is 50.4. The summed E-state index contributed by atoms with van der Waals surface area (Å²) >= 11 is 3.46. The van der Waals surface area contributed by atoms with Crippen molar-refractivity contribution in [3.8, 4) is 33.6 Å². The molecule has 0 atom stereocenters. The standard InChI is InChI=1S/C30H30N6O2.C21H33BN2O4.C15H9BrN4.2CH4/c1-30(2,3)38-29(37)36-12-10-35(11-13-36)23-8-4-6-20(14-23)22-15-25-24-16-26(21-7-5-9-31-17-21)32-19-27(24)34-28(25)33-18-22;1-19(2,3)26-18(25)24-13-11-23(12-14-24)17-10-8-9-16(15-17)22-27-20(4,5)21(6,7)28-22;16-10-4-12-11-5-13(9-2-1-3-17-6-9)18-8-14(11)20-15(12)19-7-10;;/h4-9,14-19H,10-13H2,1-3H3,(H,33,34);8-10,15H,11-14H2,1-7H3;1-8H,(H,19,20);2*1H4. The second kappa shape index (κ2) is 26.1. The van der Waals surface area contributed by atoms with E-state index in [9.17, 15) is 9.59 Å². The lowest BCUT2D eigenvalue weighted by Crippen LogP contribution is -2.50. The topological polar surface area (TPSA) is 193 Å². The Morgan fingerprint density at radius 2 is 0.966 bits per heavy atom. The Hall–Kier alpha value is -8.46. The number of nitrogens with one attached hydrogen (secondary N) is 2. The Morgan fingerprint density at radius 1 is 0.511 bits per heavy atom. The molecule has 0 radical (unpaired) electrons. The predicted molar refractivity (Wildman–Crippen MR) is 358 cm³/mol. The molecule has 3 saturated heterocycles. The maximum absolute atomic E-state index is 12.4. The Morgan fingerprint density at radius 3 is 1.44 bits per heavy atom. The first kappa shape index (κ1) is 64.0. The van der Waals surface area contributed by atoms with E-state index in [1.54, 1.807) is 28.4 Å². The number of ether oxygens (including phenoxy) is 2. The van der Waals surface area contributed by atoms with Gasteiger partial charge in [0.1, 0.15) is 22.5 Å². The quantitative estimate of drug-likeness (QED) is 0.149. The van der Waals surface area contributed by atoms with E-state index >= 15 is 0 Å². The van der Waals surface area contributed by atoms with Crippen molar-refractivity contribution in [3.63, 3.8) is 0 Å². The normalized spacial score (nSPS) is 15.6. The minimum Gasteiger partial charge on any atom is -0.444 e. The van der Waals surface area contributed by atoms with Gasteiger partial charge in [-0.3, -0.25) is 19.9 Å². The van der Waals surface area contributed by atoms with Crippen LogP contribution in [0.4, 0.5) is 21.0 Å². The maximum atomic E-state index is 12.4. The molecule has 2 N–H and O–H groups in total. The number of anilines is 2. The lowest BCUT2D eigenvalue weighted by atomic mass is 9.79. The van der Waals surface area contributed by atoms with E-state index in [1.807, 2.05) is 109 Å². The number of nitrogens with zero attached hydrogens (tertiary/aromatic N) is 10. The molecule has 18 nitrogen and oxygen atoms in total. The van der Waals surface area contributed by atoms with Crippen molar-refractivity contribution in [1.29, 1.82) is 0 Å². The second-order valence-electron chi connectivity index (χ2n) is 24.8. The first-order valence-electron chi connectivity index (χ1n) is 29.1. The highest BCUT2D eigenvalue weighted by Crippen LogP contribution is 2.38. The summed E-state index contributed by atoms with van der Waals surface area (Å²) in [7, 11) is -0.368. The maximum Gasteiger partial charge on any atom is 0.494 e. The van der Waals surface area contributed by atoms with Crippen LogP contribution in [0.15, 0.2) is 151 Å². The summed E-state index contributed by atoms with van der Waals surface area (Å²) in [5, 5.41) is 4.34. The minimum atomic E-state index is -0.487. The van der Waals surface area contributed by atoms with Gasteiger partial charge in [-0.05, 0) is 169 Å². The molecule has 88 heavy (non-hydrogen) atoms. The van der Waals surface area contributed by atoms with Crippen LogP contribution < -0.4 is 15.3 Å². The van der Waals surface area contributed by atoms with Gasteiger partial charge in [0.05, 0.1) is 46.0 Å². The van der Waals surface area contributed by atoms with Gasteiger partial charge in [0.15, 0.2) is 0 Å². The van der Waals surface area contributed by atoms with Crippen molar-refractivity contribution < 1.29 is 28.4 Å². The summed E-state index contributed by atoms with van der Waals surface area (Å²) in [6.07, 6.45) is 14.1. The van der Waals surface area contributed by atoms with Gasteiger partial charge in [0.2, 0.25) is 0 Å². The van der Waals surface area contributed by atoms with Crippen LogP contribution in [0.3, 0.4) is 0 Å². The minimum absolute atomic E-state index is 0. The number of piperazine rings is 2. The average molecular weight is 1250 g/mol. The first-order valence-corrected chi connectivity index (χ1v) is 29.9. The van der Waals surface area contributed by atoms with Gasteiger partial charge in [-0.1, -0.05) is 39.1 Å². The smallest absolute Gasteiger partial charge is 0.444 e. The molecule has 10 aromatic rings. The third-order valence-corrected chi connectivity index (χ3v) is 16.2. The number of carbonyl (C=O) groups excluding carboxylic acids is 2. The average Bonchev–Trinajstić information content (AvgIpc) is 2.09. The number of hydrogen-bond acceptors (Lipinski definition) is 14. The summed E-state index contributed by atoms with van der Waals surface area (Å²) in [6.45, 7) is 25.2. The van der Waals surface area contributed by atoms with Crippen LogP contribution >= 0.6 is 15.9 Å². The fraction of sp³-hybridized carbons (Fsp3) is 0.353. The van der Waals surface area contributed by atoms with Crippen LogP contribution in [0, 0.1) is 0 Å². The molecule has 2 amide bonds. The molecule has 11 heterocycles. The molecule has 0 aliphatic carbocycles. The van der Waals surface area contributed by atoms with Crippen molar-refractivity contribution in [1.82, 2.24) is 49.7 Å². The van der Waals surface area contributed by atoms with Crippen LogP contribution in [0.2, 0.25) is 0 Å². The number of aromatic amines is 2. The molecule has 8 aromatic heterocycles. The van der Waals surface area contributed by atoms with E-state index in [-0.39, 0.29) is 45.4 Å². The molecule has 0 saturated carbocycles. The highest BCUT2D eigenvalue weighted by Gasteiger charge is 2.51. The number of pyridine rings is 6. The Balaban J connectivity index is 0.000000163.